The fraction of sp³-hybridized carbons (Fsp3) is 0.143. The van der Waals surface area contributed by atoms with Crippen LogP contribution in [0.3, 0.4) is 0 Å². The Hall–Kier alpha value is -4.90. The van der Waals surface area contributed by atoms with Gasteiger partial charge in [0.2, 0.25) is 0 Å². The van der Waals surface area contributed by atoms with Gasteiger partial charge in [0.1, 0.15) is 5.69 Å². The Balaban J connectivity index is 1.50. The molecule has 5 heteroatoms. The number of fused-ring (bicyclic) bond motifs is 1. The van der Waals surface area contributed by atoms with E-state index >= 15 is 0 Å². The fourth-order valence-corrected chi connectivity index (χ4v) is 4.97. The molecule has 3 heterocycles. The van der Waals surface area contributed by atoms with Crippen LogP contribution >= 0.6 is 0 Å². The highest BCUT2D eigenvalue weighted by molar-refractivity contribution is 5.92. The number of allylic oxidation sites excluding steroid dienone is 6. The molecule has 0 bridgehead atoms. The van der Waals surface area contributed by atoms with Gasteiger partial charge in [-0.15, -0.1) is 0 Å². The zero-order valence-corrected chi connectivity index (χ0v) is 23.4. The van der Waals surface area contributed by atoms with E-state index in [1.165, 1.54) is 11.1 Å². The van der Waals surface area contributed by atoms with Crippen molar-refractivity contribution < 1.29 is 0 Å². The molecule has 0 atom stereocenters. The topological polar surface area (TPSA) is 62.3 Å². The second-order valence-electron chi connectivity index (χ2n) is 9.85. The SMILES string of the molecule is C=C/C(=C\C(=C/C)C(=C)/C=c1/c(-c2cc3c(-n4cnc(C)c4)cccc3[nH]2)n[nH]/c1=C/C)CCc1ccccc1. The molecule has 0 aliphatic carbocycles. The van der Waals surface area contributed by atoms with Crippen LogP contribution in [0.1, 0.15) is 31.5 Å². The number of H-pyrrole nitrogens is 2. The smallest absolute Gasteiger partial charge is 0.116 e. The van der Waals surface area contributed by atoms with Crippen LogP contribution in [0.5, 0.6) is 0 Å². The van der Waals surface area contributed by atoms with E-state index in [4.69, 9.17) is 5.10 Å². The second kappa shape index (κ2) is 11.9. The molecule has 5 nitrogen and oxygen atoms in total. The molecule has 2 N–H and O–H groups in total. The summed E-state index contributed by atoms with van der Waals surface area (Å²) in [6.07, 6.45) is 16.1. The van der Waals surface area contributed by atoms with Crippen molar-refractivity contribution in [1.82, 2.24) is 24.7 Å². The largest absolute Gasteiger partial charge is 0.353 e. The summed E-state index contributed by atoms with van der Waals surface area (Å²) < 4.78 is 2.06. The molecule has 0 saturated carbocycles. The molecule has 3 aromatic heterocycles. The van der Waals surface area contributed by atoms with E-state index in [0.29, 0.717) is 0 Å². The third kappa shape index (κ3) is 5.59. The predicted molar refractivity (Wildman–Crippen MR) is 168 cm³/mol. The monoisotopic (exact) mass is 525 g/mol. The lowest BCUT2D eigenvalue weighted by atomic mass is 9.98. The average molecular weight is 526 g/mol. The van der Waals surface area contributed by atoms with Crippen LogP contribution in [0.4, 0.5) is 0 Å². The Kier molecular flexibility index (Phi) is 7.92. The standard InChI is InChI=1S/C35H35N5/c1-6-26(17-18-27-13-10-9-11-14-27)20-28(7-2)24(4)19-30-31(8-3)38-39-35(30)33-21-29-32(37-33)15-12-16-34(29)40-22-25(5)36-23-40/h6-16,19-23,37-38H,1,4,17-18H2,2-3,5H3/b26-20+,28-7+,30-19+,31-8+. The minimum absolute atomic E-state index is 0.852. The first-order valence-electron chi connectivity index (χ1n) is 13.6. The number of rotatable bonds is 9. The molecule has 0 saturated heterocycles. The molecule has 40 heavy (non-hydrogen) atoms. The van der Waals surface area contributed by atoms with Crippen molar-refractivity contribution in [3.8, 4) is 17.1 Å². The van der Waals surface area contributed by atoms with Gasteiger partial charge in [0.05, 0.1) is 28.8 Å². The summed E-state index contributed by atoms with van der Waals surface area (Å²) in [5, 5.41) is 11.0. The minimum Gasteiger partial charge on any atom is -0.353 e. The number of imidazole rings is 1. The normalized spacial score (nSPS) is 13.4. The van der Waals surface area contributed by atoms with Gasteiger partial charge in [0.25, 0.3) is 0 Å². The number of nitrogens with zero attached hydrogens (tertiary/aromatic N) is 3. The van der Waals surface area contributed by atoms with Crippen LogP contribution in [0, 0.1) is 6.92 Å². The van der Waals surface area contributed by atoms with E-state index in [2.05, 4.69) is 99.6 Å². The molecule has 0 fully saturated rings. The van der Waals surface area contributed by atoms with Crippen molar-refractivity contribution in [2.45, 2.75) is 33.6 Å². The number of hydrogen-bond acceptors (Lipinski definition) is 2. The molecular weight excluding hydrogens is 490 g/mol. The number of aryl methyl sites for hydroxylation is 2. The van der Waals surface area contributed by atoms with Crippen LogP contribution < -0.4 is 10.6 Å². The number of aromatic amines is 2. The summed E-state index contributed by atoms with van der Waals surface area (Å²) in [5.41, 5.74) is 9.36. The third-order valence-electron chi connectivity index (χ3n) is 7.16. The Morgan fingerprint density at radius 2 is 1.90 bits per heavy atom. The minimum atomic E-state index is 0.852. The number of aromatic nitrogens is 5. The number of benzene rings is 2. The molecule has 0 aliphatic heterocycles. The van der Waals surface area contributed by atoms with E-state index in [9.17, 15) is 0 Å². The summed E-state index contributed by atoms with van der Waals surface area (Å²) in [6, 6.07) is 18.9. The maximum absolute atomic E-state index is 4.71. The zero-order chi connectivity index (χ0) is 28.1. The van der Waals surface area contributed by atoms with Crippen molar-refractivity contribution in [2.75, 3.05) is 0 Å². The first-order valence-corrected chi connectivity index (χ1v) is 13.6. The molecule has 2 aromatic carbocycles. The van der Waals surface area contributed by atoms with Crippen LogP contribution in [-0.2, 0) is 6.42 Å². The maximum atomic E-state index is 4.71. The summed E-state index contributed by atoms with van der Waals surface area (Å²) in [6.45, 7) is 14.6. The van der Waals surface area contributed by atoms with Crippen LogP contribution in [0.25, 0.3) is 40.1 Å². The Bertz CT molecular complexity index is 1860. The predicted octanol–water partition coefficient (Wildman–Crippen LogP) is 6.88. The molecule has 0 amide bonds. The number of hydrogen-bond donors (Lipinski definition) is 2. The molecule has 0 unspecified atom stereocenters. The lowest BCUT2D eigenvalue weighted by Gasteiger charge is -2.07. The molecule has 5 rings (SSSR count). The quantitative estimate of drug-likeness (QED) is 0.206. The summed E-state index contributed by atoms with van der Waals surface area (Å²) in [5.74, 6) is 0. The molecule has 0 spiro atoms. The Morgan fingerprint density at radius 3 is 2.60 bits per heavy atom. The maximum Gasteiger partial charge on any atom is 0.116 e. The molecule has 200 valence electrons. The van der Waals surface area contributed by atoms with Crippen LogP contribution in [0.2, 0.25) is 0 Å². The average Bonchev–Trinajstić information content (AvgIpc) is 3.71. The van der Waals surface area contributed by atoms with Gasteiger partial charge in [0.15, 0.2) is 0 Å². The third-order valence-corrected chi connectivity index (χ3v) is 7.16. The number of nitrogens with one attached hydrogen (secondary N) is 2. The van der Waals surface area contributed by atoms with Gasteiger partial charge in [-0.05, 0) is 80.2 Å². The Labute approximate surface area is 235 Å². The first kappa shape index (κ1) is 26.7. The van der Waals surface area contributed by atoms with E-state index in [1.54, 1.807) is 0 Å². The fourth-order valence-electron chi connectivity index (χ4n) is 4.97. The van der Waals surface area contributed by atoms with Gasteiger partial charge < -0.3 is 9.55 Å². The van der Waals surface area contributed by atoms with E-state index in [1.807, 2.05) is 51.5 Å². The summed E-state index contributed by atoms with van der Waals surface area (Å²) >= 11 is 0. The van der Waals surface area contributed by atoms with Crippen molar-refractivity contribution >= 4 is 23.1 Å². The van der Waals surface area contributed by atoms with Crippen molar-refractivity contribution in [2.24, 2.45) is 0 Å². The molecular formula is C35H35N5. The van der Waals surface area contributed by atoms with Gasteiger partial charge in [-0.3, -0.25) is 5.10 Å². The lowest BCUT2D eigenvalue weighted by Crippen LogP contribution is -2.23. The van der Waals surface area contributed by atoms with E-state index in [0.717, 1.165) is 68.2 Å². The van der Waals surface area contributed by atoms with Gasteiger partial charge in [0, 0.05) is 22.3 Å². The van der Waals surface area contributed by atoms with Crippen molar-refractivity contribution in [1.29, 1.82) is 0 Å². The lowest BCUT2D eigenvalue weighted by molar-refractivity contribution is 0.964. The zero-order valence-electron chi connectivity index (χ0n) is 23.4. The van der Waals surface area contributed by atoms with Gasteiger partial charge in [-0.2, -0.15) is 5.10 Å². The van der Waals surface area contributed by atoms with Crippen LogP contribution in [-0.4, -0.2) is 24.7 Å². The van der Waals surface area contributed by atoms with Gasteiger partial charge in [-0.25, -0.2) is 4.98 Å². The second-order valence-corrected chi connectivity index (χ2v) is 9.85. The molecule has 0 aliphatic rings. The van der Waals surface area contributed by atoms with Crippen LogP contribution in [0.15, 0.2) is 115 Å². The highest BCUT2D eigenvalue weighted by Gasteiger charge is 2.13. The summed E-state index contributed by atoms with van der Waals surface area (Å²) in [4.78, 5) is 7.98. The van der Waals surface area contributed by atoms with Gasteiger partial charge >= 0.3 is 0 Å². The van der Waals surface area contributed by atoms with Gasteiger partial charge in [-0.1, -0.05) is 73.9 Å². The highest BCUT2D eigenvalue weighted by atomic mass is 15.1. The Morgan fingerprint density at radius 1 is 1.07 bits per heavy atom. The first-order chi connectivity index (χ1) is 19.5. The summed E-state index contributed by atoms with van der Waals surface area (Å²) in [7, 11) is 0. The molecule has 5 aromatic rings. The van der Waals surface area contributed by atoms with Crippen molar-refractivity contribution in [3.05, 3.63) is 137 Å². The van der Waals surface area contributed by atoms with E-state index < -0.39 is 0 Å². The molecule has 0 radical (unpaired) electrons. The van der Waals surface area contributed by atoms with E-state index in [-0.39, 0.29) is 0 Å². The van der Waals surface area contributed by atoms with Crippen molar-refractivity contribution in [3.63, 3.8) is 0 Å². The highest BCUT2D eigenvalue weighted by Crippen LogP contribution is 2.27.